The van der Waals surface area contributed by atoms with Crippen molar-refractivity contribution in [2.45, 2.75) is 18.7 Å². The second-order valence-electron chi connectivity index (χ2n) is 10.4. The minimum atomic E-state index is -4.23. The second kappa shape index (κ2) is 13.6. The SMILES string of the molecule is Cc1cc(C(=O)Nc2ccc(Oc3c(C)c(C(=O)O)nn3-c3ccccc3)c(S(=O)(=O)NCCN3CCOCC3)c2)ccc1F. The summed E-state index contributed by atoms with van der Waals surface area (Å²) in [5, 5.41) is 16.6. The summed E-state index contributed by atoms with van der Waals surface area (Å²) >= 11 is 0. The lowest BCUT2D eigenvalue weighted by Gasteiger charge is -2.26. The van der Waals surface area contributed by atoms with Crippen LogP contribution < -0.4 is 14.8 Å². The van der Waals surface area contributed by atoms with Crippen molar-refractivity contribution in [2.75, 3.05) is 44.7 Å². The maximum Gasteiger partial charge on any atom is 0.356 e. The van der Waals surface area contributed by atoms with Crippen molar-refractivity contribution in [3.63, 3.8) is 0 Å². The summed E-state index contributed by atoms with van der Waals surface area (Å²) in [5.74, 6) is -2.43. The lowest BCUT2D eigenvalue weighted by molar-refractivity contribution is 0.0390. The molecule has 0 unspecified atom stereocenters. The zero-order chi connectivity index (χ0) is 32.1. The number of amides is 1. The number of morpholine rings is 1. The molecule has 1 aliphatic heterocycles. The van der Waals surface area contributed by atoms with E-state index in [1.807, 2.05) is 0 Å². The maximum atomic E-state index is 13.8. The number of aryl methyl sites for hydroxylation is 1. The number of rotatable bonds is 11. The molecule has 0 aliphatic carbocycles. The molecule has 0 radical (unpaired) electrons. The standard InChI is InChI=1S/C31H32FN5O7S/c1-20-18-22(8-10-25(20)32)29(38)34-23-9-11-26(27(19-23)45(41,42)33-12-13-36-14-16-43-17-15-36)44-30-21(2)28(31(39)40)35-37(30)24-6-4-3-5-7-24/h3-11,18-19,33H,12-17H2,1-2H3,(H,34,38)(H,39,40). The summed E-state index contributed by atoms with van der Waals surface area (Å²) in [7, 11) is -4.23. The Bertz CT molecular complexity index is 1820. The fourth-order valence-electron chi connectivity index (χ4n) is 4.76. The van der Waals surface area contributed by atoms with Gasteiger partial charge in [0, 0.05) is 43.0 Å². The van der Waals surface area contributed by atoms with E-state index in [0.717, 1.165) is 0 Å². The van der Waals surface area contributed by atoms with Crippen molar-refractivity contribution in [3.05, 3.63) is 94.9 Å². The van der Waals surface area contributed by atoms with Gasteiger partial charge in [0.1, 0.15) is 16.5 Å². The molecule has 0 bridgehead atoms. The molecular formula is C31H32FN5O7S. The highest BCUT2D eigenvalue weighted by atomic mass is 32.2. The molecular weight excluding hydrogens is 605 g/mol. The molecule has 3 N–H and O–H groups in total. The molecule has 0 saturated carbocycles. The molecule has 45 heavy (non-hydrogen) atoms. The Labute approximate surface area is 259 Å². The summed E-state index contributed by atoms with van der Waals surface area (Å²) in [6.07, 6.45) is 0. The molecule has 1 aliphatic rings. The first-order valence-corrected chi connectivity index (χ1v) is 15.6. The number of aromatic carboxylic acids is 1. The van der Waals surface area contributed by atoms with E-state index in [1.54, 1.807) is 30.3 Å². The number of hydrogen-bond donors (Lipinski definition) is 3. The number of hydrogen-bond acceptors (Lipinski definition) is 8. The van der Waals surface area contributed by atoms with Gasteiger partial charge in [0.15, 0.2) is 5.69 Å². The van der Waals surface area contributed by atoms with Gasteiger partial charge in [-0.05, 0) is 67.9 Å². The van der Waals surface area contributed by atoms with Crippen LogP contribution in [0.2, 0.25) is 0 Å². The number of para-hydroxylation sites is 1. The summed E-state index contributed by atoms with van der Waals surface area (Å²) in [6, 6.07) is 16.6. The van der Waals surface area contributed by atoms with Gasteiger partial charge in [-0.2, -0.15) is 9.78 Å². The summed E-state index contributed by atoms with van der Waals surface area (Å²) < 4.78 is 56.6. The van der Waals surface area contributed by atoms with Crippen LogP contribution in [-0.4, -0.2) is 79.5 Å². The number of carboxylic acids is 1. The summed E-state index contributed by atoms with van der Waals surface area (Å²) in [6.45, 7) is 6.06. The van der Waals surface area contributed by atoms with Crippen LogP contribution in [0, 0.1) is 19.7 Å². The number of benzene rings is 3. The van der Waals surface area contributed by atoms with E-state index in [0.29, 0.717) is 38.5 Å². The first-order valence-electron chi connectivity index (χ1n) is 14.1. The minimum Gasteiger partial charge on any atom is -0.476 e. The number of halogens is 1. The fraction of sp³-hybridized carbons (Fsp3) is 0.258. The van der Waals surface area contributed by atoms with E-state index in [1.165, 1.54) is 54.9 Å². The van der Waals surface area contributed by atoms with Crippen LogP contribution >= 0.6 is 0 Å². The third-order valence-corrected chi connectivity index (χ3v) is 8.70. The van der Waals surface area contributed by atoms with Crippen molar-refractivity contribution in [1.29, 1.82) is 0 Å². The molecule has 2 heterocycles. The molecule has 4 aromatic rings. The lowest BCUT2D eigenvalue weighted by Crippen LogP contribution is -2.41. The molecule has 0 spiro atoms. The van der Waals surface area contributed by atoms with E-state index in [4.69, 9.17) is 9.47 Å². The van der Waals surface area contributed by atoms with Gasteiger partial charge < -0.3 is 19.9 Å². The van der Waals surface area contributed by atoms with Crippen molar-refractivity contribution in [2.24, 2.45) is 0 Å². The van der Waals surface area contributed by atoms with Crippen LogP contribution in [0.15, 0.2) is 71.6 Å². The Morgan fingerprint density at radius 3 is 2.47 bits per heavy atom. The Balaban J connectivity index is 1.50. The van der Waals surface area contributed by atoms with Crippen molar-refractivity contribution in [1.82, 2.24) is 19.4 Å². The van der Waals surface area contributed by atoms with Gasteiger partial charge in [0.05, 0.1) is 18.9 Å². The third-order valence-electron chi connectivity index (χ3n) is 7.21. The van der Waals surface area contributed by atoms with Crippen LogP contribution in [0.5, 0.6) is 11.6 Å². The quantitative estimate of drug-likeness (QED) is 0.222. The monoisotopic (exact) mass is 637 g/mol. The average Bonchev–Trinajstić information content (AvgIpc) is 3.35. The minimum absolute atomic E-state index is 0.00180. The van der Waals surface area contributed by atoms with Crippen molar-refractivity contribution in [3.8, 4) is 17.3 Å². The zero-order valence-electron chi connectivity index (χ0n) is 24.6. The number of nitrogens with one attached hydrogen (secondary N) is 2. The van der Waals surface area contributed by atoms with E-state index in [9.17, 15) is 27.5 Å². The van der Waals surface area contributed by atoms with E-state index in [-0.39, 0.29) is 51.1 Å². The number of sulfonamides is 1. The van der Waals surface area contributed by atoms with E-state index < -0.39 is 27.7 Å². The van der Waals surface area contributed by atoms with E-state index >= 15 is 0 Å². The van der Waals surface area contributed by atoms with Crippen LogP contribution in [0.1, 0.15) is 32.0 Å². The van der Waals surface area contributed by atoms with Gasteiger partial charge in [-0.3, -0.25) is 9.69 Å². The summed E-state index contributed by atoms with van der Waals surface area (Å²) in [4.78, 5) is 26.7. The number of anilines is 1. The van der Waals surface area contributed by atoms with Gasteiger partial charge >= 0.3 is 5.97 Å². The normalized spacial score (nSPS) is 13.8. The Morgan fingerprint density at radius 2 is 1.78 bits per heavy atom. The van der Waals surface area contributed by atoms with Crippen LogP contribution in [0.25, 0.3) is 5.69 Å². The molecule has 1 saturated heterocycles. The molecule has 14 heteroatoms. The Kier molecular flexibility index (Phi) is 9.58. The molecule has 1 fully saturated rings. The number of aromatic nitrogens is 2. The first kappa shape index (κ1) is 31.8. The highest BCUT2D eigenvalue weighted by molar-refractivity contribution is 7.89. The summed E-state index contributed by atoms with van der Waals surface area (Å²) in [5.41, 5.74) is 1.02. The average molecular weight is 638 g/mol. The number of carbonyl (C=O) groups excluding carboxylic acids is 1. The maximum absolute atomic E-state index is 13.8. The molecule has 1 aromatic heterocycles. The predicted octanol–water partition coefficient (Wildman–Crippen LogP) is 3.98. The van der Waals surface area contributed by atoms with Crippen LogP contribution in [0.4, 0.5) is 10.1 Å². The number of ether oxygens (including phenoxy) is 2. The zero-order valence-corrected chi connectivity index (χ0v) is 25.4. The molecule has 3 aromatic carbocycles. The van der Waals surface area contributed by atoms with Crippen molar-refractivity contribution >= 4 is 27.6 Å². The van der Waals surface area contributed by atoms with Crippen LogP contribution in [0.3, 0.4) is 0 Å². The molecule has 0 atom stereocenters. The second-order valence-corrected chi connectivity index (χ2v) is 12.1. The molecule has 12 nitrogen and oxygen atoms in total. The largest absolute Gasteiger partial charge is 0.476 e. The molecule has 236 valence electrons. The van der Waals surface area contributed by atoms with Gasteiger partial charge in [-0.1, -0.05) is 18.2 Å². The molecule has 5 rings (SSSR count). The van der Waals surface area contributed by atoms with Gasteiger partial charge in [-0.15, -0.1) is 0 Å². The number of nitrogens with zero attached hydrogens (tertiary/aromatic N) is 3. The predicted molar refractivity (Wildman–Crippen MR) is 163 cm³/mol. The molecule has 1 amide bonds. The topological polar surface area (TPSA) is 152 Å². The van der Waals surface area contributed by atoms with Gasteiger partial charge in [0.2, 0.25) is 15.9 Å². The smallest absolute Gasteiger partial charge is 0.356 e. The highest BCUT2D eigenvalue weighted by Gasteiger charge is 2.27. The lowest BCUT2D eigenvalue weighted by atomic mass is 10.1. The first-order chi connectivity index (χ1) is 21.5. The fourth-order valence-corrected chi connectivity index (χ4v) is 5.93. The van der Waals surface area contributed by atoms with Crippen molar-refractivity contribution < 1.29 is 37.0 Å². The number of carboxylic acid groups (broad SMARTS) is 1. The Hall–Kier alpha value is -4.63. The Morgan fingerprint density at radius 1 is 1.04 bits per heavy atom. The third kappa shape index (κ3) is 7.37. The highest BCUT2D eigenvalue weighted by Crippen LogP contribution is 2.35. The van der Waals surface area contributed by atoms with E-state index in [2.05, 4.69) is 20.0 Å². The number of carbonyl (C=O) groups is 2. The van der Waals surface area contributed by atoms with Gasteiger partial charge in [-0.25, -0.2) is 22.3 Å². The van der Waals surface area contributed by atoms with Crippen LogP contribution in [-0.2, 0) is 14.8 Å². The van der Waals surface area contributed by atoms with Gasteiger partial charge in [0.25, 0.3) is 5.91 Å².